The second-order valence-corrected chi connectivity index (χ2v) is 5.84. The Hall–Kier alpha value is -3.22. The molecule has 0 saturated carbocycles. The van der Waals surface area contributed by atoms with Crippen LogP contribution in [0, 0.1) is 13.8 Å². The number of anilines is 2. The first-order valence-corrected chi connectivity index (χ1v) is 7.63. The van der Waals surface area contributed by atoms with Gasteiger partial charge in [0, 0.05) is 7.05 Å². The lowest BCUT2D eigenvalue weighted by molar-refractivity contribution is 0.872. The Labute approximate surface area is 139 Å². The minimum Gasteiger partial charge on any atom is -0.336 e. The first-order chi connectivity index (χ1) is 11.6. The molecule has 0 aliphatic heterocycles. The fourth-order valence-corrected chi connectivity index (χ4v) is 2.76. The van der Waals surface area contributed by atoms with Gasteiger partial charge in [0.2, 0.25) is 0 Å². The number of rotatable bonds is 3. The molecule has 7 heteroatoms. The van der Waals surface area contributed by atoms with Crippen LogP contribution >= 0.6 is 0 Å². The van der Waals surface area contributed by atoms with Crippen molar-refractivity contribution in [1.29, 1.82) is 0 Å². The van der Waals surface area contributed by atoms with E-state index in [1.54, 1.807) is 12.5 Å². The van der Waals surface area contributed by atoms with E-state index >= 15 is 0 Å². The first kappa shape index (κ1) is 14.4. The predicted octanol–water partition coefficient (Wildman–Crippen LogP) is 2.91. The summed E-state index contributed by atoms with van der Waals surface area (Å²) in [5, 5.41) is 7.71. The molecule has 3 aromatic heterocycles. The number of fused-ring (bicyclic) bond motifs is 1. The molecule has 24 heavy (non-hydrogen) atoms. The van der Waals surface area contributed by atoms with Crippen molar-refractivity contribution in [3.05, 3.63) is 54.4 Å². The van der Waals surface area contributed by atoms with Gasteiger partial charge in [0.15, 0.2) is 17.0 Å². The molecule has 0 atom stereocenters. The summed E-state index contributed by atoms with van der Waals surface area (Å²) in [6.07, 6.45) is 6.97. The third kappa shape index (κ3) is 2.40. The van der Waals surface area contributed by atoms with Crippen LogP contribution in [-0.4, -0.2) is 29.3 Å². The van der Waals surface area contributed by atoms with Gasteiger partial charge in [0.05, 0.1) is 30.1 Å². The number of aryl methyl sites for hydroxylation is 3. The Morgan fingerprint density at radius 2 is 1.96 bits per heavy atom. The highest BCUT2D eigenvalue weighted by Gasteiger charge is 2.10. The minimum atomic E-state index is 0.667. The molecule has 0 unspecified atom stereocenters. The van der Waals surface area contributed by atoms with Gasteiger partial charge in [-0.05, 0) is 25.5 Å². The topological polar surface area (TPSA) is 73.5 Å². The summed E-state index contributed by atoms with van der Waals surface area (Å²) in [5.41, 5.74) is 5.84. The highest BCUT2D eigenvalue weighted by molar-refractivity contribution is 5.84. The van der Waals surface area contributed by atoms with Crippen LogP contribution in [0.25, 0.3) is 16.9 Å². The van der Waals surface area contributed by atoms with Gasteiger partial charge in [0.1, 0.15) is 6.33 Å². The summed E-state index contributed by atoms with van der Waals surface area (Å²) < 4.78 is 3.72. The van der Waals surface area contributed by atoms with E-state index in [-0.39, 0.29) is 0 Å². The second kappa shape index (κ2) is 5.45. The molecule has 0 aliphatic carbocycles. The van der Waals surface area contributed by atoms with E-state index in [1.807, 2.05) is 22.5 Å². The summed E-state index contributed by atoms with van der Waals surface area (Å²) in [6, 6.07) is 6.30. The average Bonchev–Trinajstić information content (AvgIpc) is 3.16. The van der Waals surface area contributed by atoms with Crippen LogP contribution in [0.4, 0.5) is 11.5 Å². The van der Waals surface area contributed by atoms with Crippen LogP contribution in [-0.2, 0) is 7.05 Å². The molecule has 4 rings (SSSR count). The smallest absolute Gasteiger partial charge is 0.165 e. The second-order valence-electron chi connectivity index (χ2n) is 5.84. The molecule has 0 radical (unpaired) electrons. The summed E-state index contributed by atoms with van der Waals surface area (Å²) >= 11 is 0. The minimum absolute atomic E-state index is 0.667. The van der Waals surface area contributed by atoms with Crippen molar-refractivity contribution in [3.63, 3.8) is 0 Å². The summed E-state index contributed by atoms with van der Waals surface area (Å²) in [7, 11) is 1.91. The lowest BCUT2D eigenvalue weighted by atomic mass is 10.1. The molecule has 1 aromatic carbocycles. The normalized spacial score (nSPS) is 11.1. The molecule has 0 bridgehead atoms. The van der Waals surface area contributed by atoms with Crippen molar-refractivity contribution in [2.45, 2.75) is 13.8 Å². The van der Waals surface area contributed by atoms with Crippen molar-refractivity contribution in [2.75, 3.05) is 5.32 Å². The third-order valence-electron chi connectivity index (χ3n) is 3.94. The van der Waals surface area contributed by atoms with Gasteiger partial charge in [-0.1, -0.05) is 17.7 Å². The number of aromatic nitrogens is 6. The molecule has 3 heterocycles. The molecule has 120 valence electrons. The van der Waals surface area contributed by atoms with Gasteiger partial charge < -0.3 is 9.88 Å². The molecule has 0 saturated heterocycles. The van der Waals surface area contributed by atoms with E-state index in [1.165, 1.54) is 17.5 Å². The number of hydrogen-bond donors (Lipinski definition) is 1. The Morgan fingerprint density at radius 1 is 1.08 bits per heavy atom. The highest BCUT2D eigenvalue weighted by atomic mass is 15.3. The quantitative estimate of drug-likeness (QED) is 0.628. The molecule has 0 aliphatic rings. The van der Waals surface area contributed by atoms with Gasteiger partial charge >= 0.3 is 0 Å². The zero-order valence-electron chi connectivity index (χ0n) is 13.7. The predicted molar refractivity (Wildman–Crippen MR) is 92.6 cm³/mol. The van der Waals surface area contributed by atoms with Crippen LogP contribution in [0.2, 0.25) is 0 Å². The molecule has 4 aromatic rings. The van der Waals surface area contributed by atoms with E-state index in [2.05, 4.69) is 57.4 Å². The van der Waals surface area contributed by atoms with E-state index in [0.29, 0.717) is 5.82 Å². The summed E-state index contributed by atoms with van der Waals surface area (Å²) in [4.78, 5) is 12.9. The Balaban J connectivity index is 1.68. The standard InChI is InChI=1S/C17H17N7/c1-11-4-5-14(12(2)6-11)24-8-13(7-21-24)22-16-15-17(19-9-18-16)23(3)10-20-15/h4-10H,1-3H3,(H,18,19,22). The molecule has 7 nitrogen and oxygen atoms in total. The van der Waals surface area contributed by atoms with Gasteiger partial charge in [-0.25, -0.2) is 19.6 Å². The molecule has 0 fully saturated rings. The van der Waals surface area contributed by atoms with Crippen molar-refractivity contribution < 1.29 is 0 Å². The SMILES string of the molecule is Cc1ccc(-n2cc(Nc3ncnc4c3ncn4C)cn2)c(C)c1. The summed E-state index contributed by atoms with van der Waals surface area (Å²) in [6.45, 7) is 4.17. The fraction of sp³-hybridized carbons (Fsp3) is 0.176. The molecule has 1 N–H and O–H groups in total. The van der Waals surface area contributed by atoms with Gasteiger partial charge in [-0.3, -0.25) is 0 Å². The largest absolute Gasteiger partial charge is 0.336 e. The lowest BCUT2D eigenvalue weighted by Crippen LogP contribution is -1.98. The van der Waals surface area contributed by atoms with E-state index < -0.39 is 0 Å². The number of hydrogen-bond acceptors (Lipinski definition) is 5. The van der Waals surface area contributed by atoms with Gasteiger partial charge in [0.25, 0.3) is 0 Å². The maximum atomic E-state index is 4.44. The van der Waals surface area contributed by atoms with Crippen LogP contribution in [0.3, 0.4) is 0 Å². The van der Waals surface area contributed by atoms with E-state index in [4.69, 9.17) is 0 Å². The van der Waals surface area contributed by atoms with Crippen molar-refractivity contribution in [3.8, 4) is 5.69 Å². The van der Waals surface area contributed by atoms with E-state index in [0.717, 1.165) is 22.5 Å². The van der Waals surface area contributed by atoms with Gasteiger partial charge in [-0.2, -0.15) is 5.10 Å². The Bertz CT molecular complexity index is 1030. The fourth-order valence-electron chi connectivity index (χ4n) is 2.76. The third-order valence-corrected chi connectivity index (χ3v) is 3.94. The van der Waals surface area contributed by atoms with Crippen LogP contribution < -0.4 is 5.32 Å². The maximum Gasteiger partial charge on any atom is 0.165 e. The van der Waals surface area contributed by atoms with Crippen LogP contribution in [0.1, 0.15) is 11.1 Å². The van der Waals surface area contributed by atoms with Crippen molar-refractivity contribution in [2.24, 2.45) is 7.05 Å². The number of imidazole rings is 1. The molecule has 0 spiro atoms. The molecule has 0 amide bonds. The zero-order chi connectivity index (χ0) is 16.7. The van der Waals surface area contributed by atoms with Crippen LogP contribution in [0.5, 0.6) is 0 Å². The lowest BCUT2D eigenvalue weighted by Gasteiger charge is -2.06. The summed E-state index contributed by atoms with van der Waals surface area (Å²) in [5.74, 6) is 0.667. The Morgan fingerprint density at radius 3 is 2.79 bits per heavy atom. The molecular formula is C17H17N7. The zero-order valence-corrected chi connectivity index (χ0v) is 13.7. The monoisotopic (exact) mass is 319 g/mol. The maximum absolute atomic E-state index is 4.44. The first-order valence-electron chi connectivity index (χ1n) is 7.63. The molecular weight excluding hydrogens is 302 g/mol. The van der Waals surface area contributed by atoms with E-state index in [9.17, 15) is 0 Å². The van der Waals surface area contributed by atoms with Crippen molar-refractivity contribution >= 4 is 22.7 Å². The Kier molecular flexibility index (Phi) is 3.26. The van der Waals surface area contributed by atoms with Crippen LogP contribution in [0.15, 0.2) is 43.2 Å². The highest BCUT2D eigenvalue weighted by Crippen LogP contribution is 2.22. The average molecular weight is 319 g/mol. The number of nitrogens with zero attached hydrogens (tertiary/aromatic N) is 6. The van der Waals surface area contributed by atoms with Gasteiger partial charge in [-0.15, -0.1) is 0 Å². The van der Waals surface area contributed by atoms with Crippen molar-refractivity contribution in [1.82, 2.24) is 29.3 Å². The number of nitrogens with one attached hydrogen (secondary N) is 1. The number of benzene rings is 1.